The Morgan fingerprint density at radius 3 is 2.50 bits per heavy atom. The summed E-state index contributed by atoms with van der Waals surface area (Å²) in [6.07, 6.45) is -6.55. The number of carbonyl (C=O) groups excluding carboxylic acids is 1. The third kappa shape index (κ3) is 3.40. The predicted octanol–water partition coefficient (Wildman–Crippen LogP) is 1.49. The Labute approximate surface area is 112 Å². The Morgan fingerprint density at radius 1 is 1.45 bits per heavy atom. The van der Waals surface area contributed by atoms with Gasteiger partial charge in [0.1, 0.15) is 6.10 Å². The van der Waals surface area contributed by atoms with Crippen LogP contribution in [0.25, 0.3) is 0 Å². The molecule has 0 bridgehead atoms. The van der Waals surface area contributed by atoms with E-state index in [0.717, 1.165) is 6.07 Å². The summed E-state index contributed by atoms with van der Waals surface area (Å²) in [5.41, 5.74) is 2.96. The molecule has 20 heavy (non-hydrogen) atoms. The van der Waals surface area contributed by atoms with E-state index in [-0.39, 0.29) is 12.3 Å². The first-order chi connectivity index (χ1) is 9.22. The fourth-order valence-electron chi connectivity index (χ4n) is 1.64. The lowest BCUT2D eigenvalue weighted by Gasteiger charge is -2.18. The van der Waals surface area contributed by atoms with Crippen molar-refractivity contribution in [2.24, 2.45) is 0 Å². The normalized spacial score (nSPS) is 13.1. The van der Waals surface area contributed by atoms with Crippen LogP contribution in [0.15, 0.2) is 12.1 Å². The Kier molecular flexibility index (Phi) is 4.96. The zero-order chi connectivity index (χ0) is 15.5. The molecule has 1 atom stereocenters. The van der Waals surface area contributed by atoms with E-state index in [4.69, 9.17) is 10.8 Å². The van der Waals surface area contributed by atoms with E-state index in [0.29, 0.717) is 6.07 Å². The van der Waals surface area contributed by atoms with Crippen LogP contribution in [0.4, 0.5) is 18.9 Å². The highest BCUT2D eigenvalue weighted by atomic mass is 19.4. The maximum Gasteiger partial charge on any atom is 0.416 e. The van der Waals surface area contributed by atoms with Crippen molar-refractivity contribution in [3.05, 3.63) is 28.8 Å². The molecule has 0 aliphatic carbocycles. The van der Waals surface area contributed by atoms with Gasteiger partial charge in [-0.25, -0.2) is 4.79 Å². The lowest BCUT2D eigenvalue weighted by Crippen LogP contribution is -2.18. The second kappa shape index (κ2) is 6.10. The first kappa shape index (κ1) is 16.3. The van der Waals surface area contributed by atoms with Crippen LogP contribution in [-0.4, -0.2) is 29.4 Å². The minimum absolute atomic E-state index is 0.0133. The van der Waals surface area contributed by atoms with E-state index in [9.17, 15) is 23.1 Å². The number of esters is 1. The minimum Gasteiger partial charge on any atom is -0.462 e. The van der Waals surface area contributed by atoms with E-state index in [1.807, 2.05) is 0 Å². The lowest BCUT2D eigenvalue weighted by atomic mass is 9.97. The number of aliphatic hydroxyl groups excluding tert-OH is 2. The van der Waals surface area contributed by atoms with Gasteiger partial charge in [-0.3, -0.25) is 0 Å². The average Bonchev–Trinajstić information content (AvgIpc) is 2.36. The summed E-state index contributed by atoms with van der Waals surface area (Å²) in [6.45, 7) is 0.588. The lowest BCUT2D eigenvalue weighted by molar-refractivity contribution is -0.139. The first-order valence-electron chi connectivity index (χ1n) is 5.69. The van der Waals surface area contributed by atoms with Crippen LogP contribution >= 0.6 is 0 Å². The molecule has 5 nitrogen and oxygen atoms in total. The number of rotatable bonds is 4. The molecule has 0 aliphatic rings. The number of nitrogens with two attached hydrogens (primary N) is 1. The molecule has 0 saturated heterocycles. The first-order valence-corrected chi connectivity index (χ1v) is 5.69. The van der Waals surface area contributed by atoms with Crippen molar-refractivity contribution in [1.29, 1.82) is 0 Å². The summed E-state index contributed by atoms with van der Waals surface area (Å²) in [7, 11) is 0. The summed E-state index contributed by atoms with van der Waals surface area (Å²) in [5.74, 6) is -0.986. The molecule has 0 saturated carbocycles. The van der Waals surface area contributed by atoms with Gasteiger partial charge in [0.15, 0.2) is 0 Å². The molecule has 8 heteroatoms. The Balaban J connectivity index is 3.44. The van der Waals surface area contributed by atoms with Crippen LogP contribution in [0.5, 0.6) is 0 Å². The fraction of sp³-hybridized carbons (Fsp3) is 0.417. The highest BCUT2D eigenvalue weighted by molar-refractivity contribution is 5.95. The van der Waals surface area contributed by atoms with E-state index in [1.165, 1.54) is 6.92 Å². The number of ether oxygens (including phenoxy) is 1. The van der Waals surface area contributed by atoms with Gasteiger partial charge in [-0.15, -0.1) is 0 Å². The number of carbonyl (C=O) groups is 1. The summed E-state index contributed by atoms with van der Waals surface area (Å²) in [6, 6.07) is 1.33. The number of anilines is 1. The topological polar surface area (TPSA) is 92.8 Å². The van der Waals surface area contributed by atoms with Crippen LogP contribution in [0, 0.1) is 0 Å². The number of aliphatic hydroxyl groups is 2. The van der Waals surface area contributed by atoms with E-state index in [1.54, 1.807) is 0 Å². The molecule has 112 valence electrons. The summed E-state index contributed by atoms with van der Waals surface area (Å²) in [5, 5.41) is 18.2. The van der Waals surface area contributed by atoms with Gasteiger partial charge in [0.2, 0.25) is 0 Å². The average molecular weight is 293 g/mol. The monoisotopic (exact) mass is 293 g/mol. The standard InChI is InChI=1S/C12H14F3NO4/c1-2-20-11(19)7-3-8(12(13,14)15)6(4-9(7)16)10(18)5-17/h3-4,10,17-18H,2,5,16H2,1H3. The number of alkyl halides is 3. The van der Waals surface area contributed by atoms with Crippen molar-refractivity contribution >= 4 is 11.7 Å². The van der Waals surface area contributed by atoms with E-state index >= 15 is 0 Å². The molecule has 0 fully saturated rings. The number of nitrogen functional groups attached to an aromatic ring is 1. The fourth-order valence-corrected chi connectivity index (χ4v) is 1.64. The minimum atomic E-state index is -4.81. The molecule has 1 aromatic rings. The van der Waals surface area contributed by atoms with Crippen LogP contribution in [0.1, 0.15) is 34.5 Å². The number of benzene rings is 1. The van der Waals surface area contributed by atoms with Gasteiger partial charge in [0.25, 0.3) is 0 Å². The zero-order valence-corrected chi connectivity index (χ0v) is 10.6. The molecule has 4 N–H and O–H groups in total. The van der Waals surface area contributed by atoms with Crippen molar-refractivity contribution < 1.29 is 32.9 Å². The highest BCUT2D eigenvalue weighted by Crippen LogP contribution is 2.37. The molecule has 0 amide bonds. The largest absolute Gasteiger partial charge is 0.462 e. The molecule has 1 unspecified atom stereocenters. The van der Waals surface area contributed by atoms with Gasteiger partial charge in [0.05, 0.1) is 24.3 Å². The van der Waals surface area contributed by atoms with Crippen LogP contribution in [0.2, 0.25) is 0 Å². The van der Waals surface area contributed by atoms with Crippen molar-refractivity contribution in [3.8, 4) is 0 Å². The van der Waals surface area contributed by atoms with Gasteiger partial charge in [-0.1, -0.05) is 0 Å². The maximum absolute atomic E-state index is 12.9. The van der Waals surface area contributed by atoms with Gasteiger partial charge < -0.3 is 20.7 Å². The Hall–Kier alpha value is -1.80. The molecule has 1 aromatic carbocycles. The van der Waals surface area contributed by atoms with E-state index < -0.39 is 41.5 Å². The zero-order valence-electron chi connectivity index (χ0n) is 10.6. The van der Waals surface area contributed by atoms with Crippen molar-refractivity contribution in [2.75, 3.05) is 18.9 Å². The predicted molar refractivity (Wildman–Crippen MR) is 63.9 cm³/mol. The molecular weight excluding hydrogens is 279 g/mol. The third-order valence-electron chi connectivity index (χ3n) is 2.55. The van der Waals surface area contributed by atoms with Gasteiger partial charge >= 0.3 is 12.1 Å². The number of halogens is 3. The molecule has 0 aliphatic heterocycles. The SMILES string of the molecule is CCOC(=O)c1cc(C(F)(F)F)c(C(O)CO)cc1N. The second-order valence-electron chi connectivity index (χ2n) is 3.94. The quantitative estimate of drug-likeness (QED) is 0.578. The molecule has 1 rings (SSSR count). The summed E-state index contributed by atoms with van der Waals surface area (Å²) in [4.78, 5) is 11.5. The van der Waals surface area contributed by atoms with Gasteiger partial charge in [-0.05, 0) is 24.6 Å². The van der Waals surface area contributed by atoms with Crippen molar-refractivity contribution in [3.63, 3.8) is 0 Å². The summed E-state index contributed by atoms with van der Waals surface area (Å²) < 4.78 is 43.4. The Bertz CT molecular complexity index is 502. The van der Waals surface area contributed by atoms with E-state index in [2.05, 4.69) is 4.74 Å². The molecule has 0 spiro atoms. The maximum atomic E-state index is 12.9. The van der Waals surface area contributed by atoms with Crippen molar-refractivity contribution in [2.45, 2.75) is 19.2 Å². The second-order valence-corrected chi connectivity index (χ2v) is 3.94. The number of hydrogen-bond donors (Lipinski definition) is 3. The number of hydrogen-bond acceptors (Lipinski definition) is 5. The van der Waals surface area contributed by atoms with Crippen molar-refractivity contribution in [1.82, 2.24) is 0 Å². The van der Waals surface area contributed by atoms with Crippen LogP contribution < -0.4 is 5.73 Å². The smallest absolute Gasteiger partial charge is 0.416 e. The van der Waals surface area contributed by atoms with Crippen LogP contribution in [0.3, 0.4) is 0 Å². The highest BCUT2D eigenvalue weighted by Gasteiger charge is 2.36. The summed E-state index contributed by atoms with van der Waals surface area (Å²) >= 11 is 0. The van der Waals surface area contributed by atoms with Crippen LogP contribution in [-0.2, 0) is 10.9 Å². The molecule has 0 radical (unpaired) electrons. The van der Waals surface area contributed by atoms with Gasteiger partial charge in [-0.2, -0.15) is 13.2 Å². The Morgan fingerprint density at radius 2 is 2.05 bits per heavy atom. The molecule has 0 heterocycles. The molecule has 0 aromatic heterocycles. The third-order valence-corrected chi connectivity index (χ3v) is 2.55. The van der Waals surface area contributed by atoms with Gasteiger partial charge in [0, 0.05) is 5.69 Å². The molecular formula is C12H14F3NO4.